The molecular formula is C9H11BrFNO. The van der Waals surface area contributed by atoms with Gasteiger partial charge in [-0.1, -0.05) is 12.1 Å². The summed E-state index contributed by atoms with van der Waals surface area (Å²) in [5.74, 6) is -0.313. The van der Waals surface area contributed by atoms with Crippen molar-refractivity contribution in [2.24, 2.45) is 5.73 Å². The minimum Gasteiger partial charge on any atom is -0.383 e. The van der Waals surface area contributed by atoms with Crippen LogP contribution in [-0.4, -0.2) is 13.7 Å². The van der Waals surface area contributed by atoms with Crippen molar-refractivity contribution in [1.82, 2.24) is 0 Å². The van der Waals surface area contributed by atoms with Gasteiger partial charge in [-0.3, -0.25) is 0 Å². The molecule has 2 nitrogen and oxygen atoms in total. The second-order valence-electron chi connectivity index (χ2n) is 2.70. The Balaban J connectivity index is 2.93. The molecule has 0 unspecified atom stereocenters. The summed E-state index contributed by atoms with van der Waals surface area (Å²) in [7, 11) is 1.54. The summed E-state index contributed by atoms with van der Waals surface area (Å²) in [5.41, 5.74) is 6.16. The van der Waals surface area contributed by atoms with Crippen LogP contribution in [0.5, 0.6) is 0 Å². The van der Waals surface area contributed by atoms with Crippen LogP contribution >= 0.6 is 15.9 Å². The normalized spacial score (nSPS) is 12.9. The third kappa shape index (κ3) is 2.49. The molecule has 0 saturated carbocycles. The number of benzene rings is 1. The number of nitrogens with two attached hydrogens (primary N) is 1. The molecule has 13 heavy (non-hydrogen) atoms. The number of rotatable bonds is 3. The Morgan fingerprint density at radius 3 is 2.92 bits per heavy atom. The van der Waals surface area contributed by atoms with Gasteiger partial charge in [0.25, 0.3) is 0 Å². The molecule has 0 aromatic heterocycles. The molecule has 2 N–H and O–H groups in total. The van der Waals surface area contributed by atoms with Gasteiger partial charge in [0.05, 0.1) is 17.1 Å². The molecule has 0 aliphatic carbocycles. The number of halogens is 2. The van der Waals surface area contributed by atoms with E-state index >= 15 is 0 Å². The van der Waals surface area contributed by atoms with Crippen LogP contribution in [0.2, 0.25) is 0 Å². The lowest BCUT2D eigenvalue weighted by Crippen LogP contribution is -2.17. The smallest absolute Gasteiger partial charge is 0.142 e. The van der Waals surface area contributed by atoms with Crippen molar-refractivity contribution >= 4 is 15.9 Å². The second kappa shape index (κ2) is 4.69. The SMILES string of the molecule is COC[C@H](N)c1cccc(Br)c1F. The Morgan fingerprint density at radius 2 is 2.31 bits per heavy atom. The summed E-state index contributed by atoms with van der Waals surface area (Å²) in [6.07, 6.45) is 0. The molecule has 0 heterocycles. The van der Waals surface area contributed by atoms with Gasteiger partial charge in [0.15, 0.2) is 0 Å². The highest BCUT2D eigenvalue weighted by Gasteiger charge is 2.12. The Morgan fingerprint density at radius 1 is 1.62 bits per heavy atom. The van der Waals surface area contributed by atoms with Crippen molar-refractivity contribution in [2.45, 2.75) is 6.04 Å². The van der Waals surface area contributed by atoms with Crippen LogP contribution in [0.1, 0.15) is 11.6 Å². The zero-order valence-corrected chi connectivity index (χ0v) is 8.84. The maximum atomic E-state index is 13.4. The summed E-state index contributed by atoms with van der Waals surface area (Å²) >= 11 is 3.09. The van der Waals surface area contributed by atoms with E-state index in [9.17, 15) is 4.39 Å². The minimum absolute atomic E-state index is 0.313. The van der Waals surface area contributed by atoms with E-state index in [1.807, 2.05) is 0 Å². The van der Waals surface area contributed by atoms with Crippen LogP contribution in [-0.2, 0) is 4.74 Å². The molecule has 0 spiro atoms. The van der Waals surface area contributed by atoms with Crippen molar-refractivity contribution in [3.8, 4) is 0 Å². The first-order valence-electron chi connectivity index (χ1n) is 3.85. The molecule has 1 aromatic rings. The summed E-state index contributed by atoms with van der Waals surface area (Å²) in [6.45, 7) is 0.313. The lowest BCUT2D eigenvalue weighted by molar-refractivity contribution is 0.179. The second-order valence-corrected chi connectivity index (χ2v) is 3.56. The van der Waals surface area contributed by atoms with Crippen molar-refractivity contribution in [2.75, 3.05) is 13.7 Å². The Hall–Kier alpha value is -0.450. The molecule has 0 amide bonds. The Bertz CT molecular complexity index is 293. The van der Waals surface area contributed by atoms with E-state index in [1.54, 1.807) is 18.2 Å². The molecule has 0 aliphatic rings. The zero-order chi connectivity index (χ0) is 9.84. The predicted octanol–water partition coefficient (Wildman–Crippen LogP) is 2.23. The molecule has 72 valence electrons. The van der Waals surface area contributed by atoms with E-state index in [1.165, 1.54) is 7.11 Å². The van der Waals surface area contributed by atoms with Gasteiger partial charge in [-0.05, 0) is 22.0 Å². The Kier molecular flexibility index (Phi) is 3.84. The van der Waals surface area contributed by atoms with Crippen LogP contribution in [0.15, 0.2) is 22.7 Å². The predicted molar refractivity (Wildman–Crippen MR) is 52.9 cm³/mol. The summed E-state index contributed by atoms with van der Waals surface area (Å²) in [5, 5.41) is 0. The summed E-state index contributed by atoms with van der Waals surface area (Å²) < 4.78 is 18.7. The van der Waals surface area contributed by atoms with Crippen LogP contribution in [0.25, 0.3) is 0 Å². The fraction of sp³-hybridized carbons (Fsp3) is 0.333. The molecule has 1 rings (SSSR count). The van der Waals surface area contributed by atoms with Gasteiger partial charge in [0.2, 0.25) is 0 Å². The fourth-order valence-electron chi connectivity index (χ4n) is 1.08. The topological polar surface area (TPSA) is 35.2 Å². The lowest BCUT2D eigenvalue weighted by Gasteiger charge is -2.12. The highest BCUT2D eigenvalue weighted by atomic mass is 79.9. The van der Waals surface area contributed by atoms with Crippen molar-refractivity contribution < 1.29 is 9.13 Å². The molecule has 4 heteroatoms. The number of hydrogen-bond donors (Lipinski definition) is 1. The number of methoxy groups -OCH3 is 1. The molecule has 0 radical (unpaired) electrons. The average Bonchev–Trinajstić information content (AvgIpc) is 2.10. The fourth-order valence-corrected chi connectivity index (χ4v) is 1.46. The van der Waals surface area contributed by atoms with Crippen molar-refractivity contribution in [3.63, 3.8) is 0 Å². The van der Waals surface area contributed by atoms with Crippen molar-refractivity contribution in [3.05, 3.63) is 34.1 Å². The number of ether oxygens (including phenoxy) is 1. The summed E-state index contributed by atoms with van der Waals surface area (Å²) in [4.78, 5) is 0. The van der Waals surface area contributed by atoms with Gasteiger partial charge in [-0.2, -0.15) is 0 Å². The van der Waals surface area contributed by atoms with Gasteiger partial charge < -0.3 is 10.5 Å². The molecular weight excluding hydrogens is 237 g/mol. The molecule has 0 saturated heterocycles. The number of hydrogen-bond acceptors (Lipinski definition) is 2. The van der Waals surface area contributed by atoms with E-state index < -0.39 is 6.04 Å². The monoisotopic (exact) mass is 247 g/mol. The third-order valence-corrected chi connectivity index (χ3v) is 2.34. The van der Waals surface area contributed by atoms with E-state index in [0.717, 1.165) is 0 Å². The van der Waals surface area contributed by atoms with Crippen molar-refractivity contribution in [1.29, 1.82) is 0 Å². The third-order valence-electron chi connectivity index (χ3n) is 1.73. The maximum Gasteiger partial charge on any atom is 0.142 e. The molecule has 1 aromatic carbocycles. The van der Waals surface area contributed by atoms with Crippen LogP contribution in [0.4, 0.5) is 4.39 Å². The van der Waals surface area contributed by atoms with Gasteiger partial charge in [0.1, 0.15) is 5.82 Å². The first kappa shape index (κ1) is 10.6. The van der Waals surface area contributed by atoms with E-state index in [-0.39, 0.29) is 5.82 Å². The van der Waals surface area contributed by atoms with Gasteiger partial charge in [-0.25, -0.2) is 4.39 Å². The summed E-state index contributed by atoms with van der Waals surface area (Å²) in [6, 6.07) is 4.63. The van der Waals surface area contributed by atoms with E-state index in [2.05, 4.69) is 15.9 Å². The highest BCUT2D eigenvalue weighted by molar-refractivity contribution is 9.10. The van der Waals surface area contributed by atoms with Gasteiger partial charge in [0, 0.05) is 12.7 Å². The quantitative estimate of drug-likeness (QED) is 0.890. The molecule has 0 bridgehead atoms. The van der Waals surface area contributed by atoms with Gasteiger partial charge in [-0.15, -0.1) is 0 Å². The Labute approximate surface area is 85.0 Å². The van der Waals surface area contributed by atoms with Crippen LogP contribution in [0, 0.1) is 5.82 Å². The highest BCUT2D eigenvalue weighted by Crippen LogP contribution is 2.22. The van der Waals surface area contributed by atoms with Crippen LogP contribution < -0.4 is 5.73 Å². The molecule has 0 fully saturated rings. The molecule has 0 aliphatic heterocycles. The minimum atomic E-state index is -0.414. The maximum absolute atomic E-state index is 13.4. The zero-order valence-electron chi connectivity index (χ0n) is 7.26. The standard InChI is InChI=1S/C9H11BrFNO/c1-13-5-8(12)6-3-2-4-7(10)9(6)11/h2-4,8H,5,12H2,1H3/t8-/m0/s1. The first-order valence-corrected chi connectivity index (χ1v) is 4.64. The largest absolute Gasteiger partial charge is 0.383 e. The lowest BCUT2D eigenvalue weighted by atomic mass is 10.1. The molecule has 1 atom stereocenters. The van der Waals surface area contributed by atoms with Gasteiger partial charge >= 0.3 is 0 Å². The van der Waals surface area contributed by atoms with E-state index in [4.69, 9.17) is 10.5 Å². The van der Waals surface area contributed by atoms with Crippen LogP contribution in [0.3, 0.4) is 0 Å². The van der Waals surface area contributed by atoms with E-state index in [0.29, 0.717) is 16.6 Å². The first-order chi connectivity index (χ1) is 6.16. The average molecular weight is 248 g/mol.